The molecule has 0 amide bonds. The van der Waals surface area contributed by atoms with E-state index in [1.54, 1.807) is 32.3 Å². The van der Waals surface area contributed by atoms with Gasteiger partial charge >= 0.3 is 0 Å². The zero-order valence-electron chi connectivity index (χ0n) is 22.5. The summed E-state index contributed by atoms with van der Waals surface area (Å²) in [4.78, 5) is 44.1. The van der Waals surface area contributed by atoms with Gasteiger partial charge in [0.1, 0.15) is 22.8 Å². The number of phenols is 1. The van der Waals surface area contributed by atoms with Crippen LogP contribution in [0.3, 0.4) is 0 Å². The third-order valence-corrected chi connectivity index (χ3v) is 8.61. The van der Waals surface area contributed by atoms with Gasteiger partial charge in [0, 0.05) is 35.4 Å². The second-order valence-corrected chi connectivity index (χ2v) is 11.3. The van der Waals surface area contributed by atoms with Gasteiger partial charge in [0.05, 0.1) is 5.56 Å². The number of aliphatic hydroxyl groups is 3. The van der Waals surface area contributed by atoms with Crippen molar-refractivity contribution >= 4 is 17.3 Å². The fourth-order valence-electron chi connectivity index (χ4n) is 6.93. The highest BCUT2D eigenvalue weighted by atomic mass is 16.3. The first-order valence-corrected chi connectivity index (χ1v) is 13.4. The van der Waals surface area contributed by atoms with E-state index in [0.29, 0.717) is 5.56 Å². The molecule has 0 bridgehead atoms. The van der Waals surface area contributed by atoms with E-state index in [-0.39, 0.29) is 41.4 Å². The molecule has 5 rings (SSSR count). The van der Waals surface area contributed by atoms with Crippen LogP contribution >= 0.6 is 0 Å². The Morgan fingerprint density at radius 1 is 1.15 bits per heavy atom. The van der Waals surface area contributed by atoms with Gasteiger partial charge < -0.3 is 20.4 Å². The van der Waals surface area contributed by atoms with Crippen molar-refractivity contribution in [2.45, 2.75) is 59.0 Å². The molecule has 4 unspecified atom stereocenters. The van der Waals surface area contributed by atoms with E-state index in [9.17, 15) is 34.8 Å². The van der Waals surface area contributed by atoms with Crippen molar-refractivity contribution in [2.24, 2.45) is 23.7 Å². The van der Waals surface area contributed by atoms with E-state index in [0.717, 1.165) is 36.5 Å². The van der Waals surface area contributed by atoms with Crippen molar-refractivity contribution in [3.8, 4) is 16.9 Å². The lowest BCUT2D eigenvalue weighted by atomic mass is 9.55. The number of aliphatic hydroxyl groups excluding tert-OH is 2. The first-order valence-electron chi connectivity index (χ1n) is 13.4. The van der Waals surface area contributed by atoms with Crippen LogP contribution in [-0.4, -0.2) is 48.4 Å². The van der Waals surface area contributed by atoms with Crippen LogP contribution < -0.4 is 0 Å². The number of rotatable bonds is 5. The zero-order valence-corrected chi connectivity index (χ0v) is 22.5. The van der Waals surface area contributed by atoms with Gasteiger partial charge in [-0.2, -0.15) is 0 Å². The van der Waals surface area contributed by atoms with Crippen LogP contribution in [0.4, 0.5) is 0 Å². The molecule has 1 heterocycles. The number of nitrogens with zero attached hydrogens (tertiary/aromatic N) is 1. The Morgan fingerprint density at radius 2 is 1.87 bits per heavy atom. The number of carbonyl (C=O) groups is 3. The zero-order chi connectivity index (χ0) is 28.4. The lowest BCUT2D eigenvalue weighted by Gasteiger charge is -2.50. The normalized spacial score (nSPS) is 26.5. The maximum atomic E-state index is 13.9. The summed E-state index contributed by atoms with van der Waals surface area (Å²) in [6, 6.07) is 5.18. The molecule has 0 spiro atoms. The second-order valence-electron chi connectivity index (χ2n) is 11.3. The molecule has 0 aliphatic heterocycles. The summed E-state index contributed by atoms with van der Waals surface area (Å²) in [5, 5.41) is 45.0. The predicted octanol–water partition coefficient (Wildman–Crippen LogP) is 4.58. The number of carbonyl (C=O) groups excluding carboxylic acids is 3. The third-order valence-electron chi connectivity index (χ3n) is 8.61. The molecule has 0 saturated carbocycles. The molecule has 0 radical (unpaired) electrons. The van der Waals surface area contributed by atoms with Gasteiger partial charge in [-0.1, -0.05) is 33.3 Å². The number of aromatic hydroxyl groups is 1. The number of pyridine rings is 1. The van der Waals surface area contributed by atoms with Crippen LogP contribution in [-0.2, 0) is 22.4 Å². The monoisotopic (exact) mass is 531 g/mol. The Balaban J connectivity index is 1.70. The molecular formula is C31H33NO7. The smallest absolute Gasteiger partial charge is 0.209 e. The van der Waals surface area contributed by atoms with Gasteiger partial charge in [-0.3, -0.25) is 19.4 Å². The Hall–Kier alpha value is -3.78. The van der Waals surface area contributed by atoms with Crippen LogP contribution in [0, 0.1) is 23.7 Å². The summed E-state index contributed by atoms with van der Waals surface area (Å²) in [6.45, 7) is 6.80. The number of Topliss-reactive ketones (excluding diaryl/α,β-unsaturated/α-hetero) is 3. The average molecular weight is 532 g/mol. The number of fused-ring (bicyclic) bond motifs is 3. The summed E-state index contributed by atoms with van der Waals surface area (Å²) < 4.78 is 0. The lowest BCUT2D eigenvalue weighted by Crippen LogP contribution is -2.60. The molecule has 8 heteroatoms. The number of hydrogen-bond donors (Lipinski definition) is 4. The Morgan fingerprint density at radius 3 is 2.51 bits per heavy atom. The molecule has 1 aromatic carbocycles. The molecule has 39 heavy (non-hydrogen) atoms. The van der Waals surface area contributed by atoms with Gasteiger partial charge in [0.2, 0.25) is 5.78 Å². The van der Waals surface area contributed by atoms with Gasteiger partial charge in [-0.25, -0.2) is 0 Å². The van der Waals surface area contributed by atoms with Crippen molar-refractivity contribution in [2.75, 3.05) is 0 Å². The Kier molecular flexibility index (Phi) is 6.50. The molecule has 3 aliphatic rings. The second kappa shape index (κ2) is 9.45. The maximum Gasteiger partial charge on any atom is 0.209 e. The number of phenolic OH excluding ortho intramolecular Hbond substituents is 1. The molecule has 4 atom stereocenters. The number of aromatic nitrogens is 1. The molecule has 8 nitrogen and oxygen atoms in total. The molecule has 4 N–H and O–H groups in total. The van der Waals surface area contributed by atoms with Gasteiger partial charge in [0.25, 0.3) is 0 Å². The van der Waals surface area contributed by atoms with E-state index < -0.39 is 52.0 Å². The molecule has 2 aromatic rings. The van der Waals surface area contributed by atoms with E-state index in [1.165, 1.54) is 6.07 Å². The lowest BCUT2D eigenvalue weighted by molar-refractivity contribution is -0.149. The predicted molar refractivity (Wildman–Crippen MR) is 143 cm³/mol. The number of hydrogen-bond acceptors (Lipinski definition) is 8. The van der Waals surface area contributed by atoms with Crippen molar-refractivity contribution < 1.29 is 34.8 Å². The van der Waals surface area contributed by atoms with Gasteiger partial charge in [-0.15, -0.1) is 0 Å². The standard InChI is InChI=1S/C31H33NO7/c1-5-6-16-9-18(13-32-12-16)19-7-8-22(34)26-20(19)10-17-11-21-23(14(2)3)27(35)24(15(4)33)29(37)31(21,39)30(38)25(17)28(26)36/h7-9,12-14,17,21,23,34-35,38-39H,5-6,10-11H2,1-4H3. The van der Waals surface area contributed by atoms with Crippen LogP contribution in [0.1, 0.15) is 62.0 Å². The first kappa shape index (κ1) is 26.8. The fraction of sp³-hybridized carbons (Fsp3) is 0.419. The summed E-state index contributed by atoms with van der Waals surface area (Å²) >= 11 is 0. The van der Waals surface area contributed by atoms with Gasteiger partial charge in [0.15, 0.2) is 17.2 Å². The first-order chi connectivity index (χ1) is 18.4. The summed E-state index contributed by atoms with van der Waals surface area (Å²) in [5.41, 5.74) is -0.0116. The SMILES string of the molecule is CCCc1cncc(-c2ccc(O)c3c2CC2CC4C(C(C)C)C(O)=C(C(C)=O)C(=O)C4(O)C(O)=C2C3=O)c1. The number of allylic oxidation sites excluding steroid dienone is 2. The van der Waals surface area contributed by atoms with E-state index >= 15 is 0 Å². The largest absolute Gasteiger partial charge is 0.511 e. The number of benzene rings is 1. The van der Waals surface area contributed by atoms with Crippen LogP contribution in [0.15, 0.2) is 53.3 Å². The van der Waals surface area contributed by atoms with Crippen molar-refractivity contribution in [1.82, 2.24) is 4.98 Å². The molecule has 1 aromatic heterocycles. The number of aryl methyl sites for hydroxylation is 1. The molecular weight excluding hydrogens is 498 g/mol. The van der Waals surface area contributed by atoms with Gasteiger partial charge in [-0.05, 0) is 66.8 Å². The topological polar surface area (TPSA) is 145 Å². The fourth-order valence-corrected chi connectivity index (χ4v) is 6.93. The molecule has 204 valence electrons. The molecule has 0 fully saturated rings. The Labute approximate surface area is 226 Å². The van der Waals surface area contributed by atoms with Crippen molar-refractivity contribution in [3.05, 3.63) is 69.9 Å². The van der Waals surface area contributed by atoms with E-state index in [4.69, 9.17) is 0 Å². The highest BCUT2D eigenvalue weighted by Crippen LogP contribution is 2.55. The molecule has 0 saturated heterocycles. The summed E-state index contributed by atoms with van der Waals surface area (Å²) in [7, 11) is 0. The third kappa shape index (κ3) is 3.84. The minimum atomic E-state index is -2.53. The summed E-state index contributed by atoms with van der Waals surface area (Å²) in [5.74, 6) is -6.53. The van der Waals surface area contributed by atoms with E-state index in [1.807, 2.05) is 6.07 Å². The number of ketones is 3. The minimum absolute atomic E-state index is 0.0158. The van der Waals surface area contributed by atoms with Crippen LogP contribution in [0.2, 0.25) is 0 Å². The highest BCUT2D eigenvalue weighted by molar-refractivity contribution is 6.25. The van der Waals surface area contributed by atoms with Crippen LogP contribution in [0.5, 0.6) is 5.75 Å². The maximum absolute atomic E-state index is 13.9. The summed E-state index contributed by atoms with van der Waals surface area (Å²) in [6.07, 6.45) is 5.67. The minimum Gasteiger partial charge on any atom is -0.511 e. The Bertz CT molecular complexity index is 1480. The van der Waals surface area contributed by atoms with Crippen LogP contribution in [0.25, 0.3) is 11.1 Å². The van der Waals surface area contributed by atoms with Crippen molar-refractivity contribution in [3.63, 3.8) is 0 Å². The van der Waals surface area contributed by atoms with Crippen molar-refractivity contribution in [1.29, 1.82) is 0 Å². The average Bonchev–Trinajstić information content (AvgIpc) is 2.86. The molecule has 3 aliphatic carbocycles. The highest BCUT2D eigenvalue weighted by Gasteiger charge is 2.62. The quantitative estimate of drug-likeness (QED) is 0.410. The van der Waals surface area contributed by atoms with E-state index in [2.05, 4.69) is 11.9 Å².